The van der Waals surface area contributed by atoms with Crippen molar-refractivity contribution in [2.75, 3.05) is 13.2 Å². The predicted molar refractivity (Wildman–Crippen MR) is 95.6 cm³/mol. The number of H-pyrrole nitrogens is 1. The molecule has 0 atom stereocenters. The molecular weight excluding hydrogens is 337 g/mol. The van der Waals surface area contributed by atoms with E-state index in [1.165, 1.54) is 6.07 Å². The van der Waals surface area contributed by atoms with Gasteiger partial charge in [0.2, 0.25) is 5.91 Å². The second kappa shape index (κ2) is 8.24. The van der Waals surface area contributed by atoms with Gasteiger partial charge < -0.3 is 10.1 Å². The van der Waals surface area contributed by atoms with Crippen LogP contribution in [0.25, 0.3) is 10.8 Å². The van der Waals surface area contributed by atoms with Crippen molar-refractivity contribution in [3.05, 3.63) is 70.4 Å². The molecule has 1 amide bonds. The predicted octanol–water partition coefficient (Wildman–Crippen LogP) is 2.19. The first-order chi connectivity index (χ1) is 12.6. The second-order valence-corrected chi connectivity index (χ2v) is 5.70. The Hall–Kier alpha value is -3.22. The Morgan fingerprint density at radius 3 is 2.65 bits per heavy atom. The van der Waals surface area contributed by atoms with Gasteiger partial charge in [-0.1, -0.05) is 30.3 Å². The summed E-state index contributed by atoms with van der Waals surface area (Å²) in [6.45, 7) is 0.690. The Balaban J connectivity index is 1.49. The zero-order valence-corrected chi connectivity index (χ0v) is 14.0. The van der Waals surface area contributed by atoms with Gasteiger partial charge in [-0.2, -0.15) is 5.10 Å². The smallest absolute Gasteiger partial charge is 0.272 e. The Kier molecular flexibility index (Phi) is 5.58. The molecule has 0 saturated heterocycles. The number of benzene rings is 2. The van der Waals surface area contributed by atoms with E-state index in [9.17, 15) is 14.0 Å². The zero-order valence-electron chi connectivity index (χ0n) is 14.0. The molecule has 134 valence electrons. The monoisotopic (exact) mass is 355 g/mol. The third-order valence-corrected chi connectivity index (χ3v) is 3.84. The van der Waals surface area contributed by atoms with E-state index in [1.54, 1.807) is 42.5 Å². The van der Waals surface area contributed by atoms with Gasteiger partial charge in [-0.25, -0.2) is 9.49 Å². The fourth-order valence-electron chi connectivity index (χ4n) is 2.56. The molecule has 26 heavy (non-hydrogen) atoms. The third-order valence-electron chi connectivity index (χ3n) is 3.84. The van der Waals surface area contributed by atoms with Gasteiger partial charge in [-0.3, -0.25) is 9.59 Å². The summed E-state index contributed by atoms with van der Waals surface area (Å²) >= 11 is 0. The van der Waals surface area contributed by atoms with Gasteiger partial charge in [0.25, 0.3) is 5.56 Å². The number of fused-ring (bicyclic) bond motifs is 1. The van der Waals surface area contributed by atoms with E-state index in [-0.39, 0.29) is 23.6 Å². The minimum atomic E-state index is -0.410. The standard InChI is InChI=1S/C19H18FN3O3/c20-15-8-3-4-9-17(15)26-11-5-10-21-18(24)12-16-13-6-1-2-7-14(13)19(25)23-22-16/h1-4,6-9H,5,10-12H2,(H,21,24)(H,23,25). The quantitative estimate of drug-likeness (QED) is 0.637. The van der Waals surface area contributed by atoms with Crippen molar-refractivity contribution in [1.82, 2.24) is 15.5 Å². The molecule has 0 saturated carbocycles. The summed E-state index contributed by atoms with van der Waals surface area (Å²) in [6, 6.07) is 13.2. The number of ether oxygens (including phenoxy) is 1. The molecule has 6 nitrogen and oxygen atoms in total. The van der Waals surface area contributed by atoms with Crippen molar-refractivity contribution in [2.45, 2.75) is 12.8 Å². The van der Waals surface area contributed by atoms with Crippen molar-refractivity contribution >= 4 is 16.7 Å². The number of carbonyl (C=O) groups is 1. The van der Waals surface area contributed by atoms with Crippen molar-refractivity contribution in [3.63, 3.8) is 0 Å². The Labute approximate surface area is 149 Å². The fourth-order valence-corrected chi connectivity index (χ4v) is 2.56. The van der Waals surface area contributed by atoms with Gasteiger partial charge >= 0.3 is 0 Å². The van der Waals surface area contributed by atoms with Crippen molar-refractivity contribution in [2.24, 2.45) is 0 Å². The maximum absolute atomic E-state index is 13.4. The van der Waals surface area contributed by atoms with Gasteiger partial charge in [-0.05, 0) is 24.6 Å². The van der Waals surface area contributed by atoms with E-state index < -0.39 is 5.82 Å². The highest BCUT2D eigenvalue weighted by Gasteiger charge is 2.10. The van der Waals surface area contributed by atoms with Crippen LogP contribution in [0.4, 0.5) is 4.39 Å². The molecule has 0 radical (unpaired) electrons. The highest BCUT2D eigenvalue weighted by Crippen LogP contribution is 2.15. The number of rotatable bonds is 7. The molecule has 0 spiro atoms. The minimum Gasteiger partial charge on any atom is -0.490 e. The molecule has 3 rings (SSSR count). The highest BCUT2D eigenvalue weighted by atomic mass is 19.1. The lowest BCUT2D eigenvalue weighted by Crippen LogP contribution is -2.28. The topological polar surface area (TPSA) is 84.1 Å². The number of hydrogen-bond acceptors (Lipinski definition) is 4. The first-order valence-corrected chi connectivity index (χ1v) is 8.25. The van der Waals surface area contributed by atoms with E-state index in [1.807, 2.05) is 0 Å². The van der Waals surface area contributed by atoms with Crippen molar-refractivity contribution in [3.8, 4) is 5.75 Å². The van der Waals surface area contributed by atoms with Gasteiger partial charge in [0.15, 0.2) is 11.6 Å². The van der Waals surface area contributed by atoms with Gasteiger partial charge in [0, 0.05) is 11.9 Å². The second-order valence-electron chi connectivity index (χ2n) is 5.70. The zero-order chi connectivity index (χ0) is 18.4. The number of carbonyl (C=O) groups excluding carboxylic acids is 1. The lowest BCUT2D eigenvalue weighted by Gasteiger charge is -2.08. The number of aromatic amines is 1. The summed E-state index contributed by atoms with van der Waals surface area (Å²) in [6.07, 6.45) is 0.603. The maximum Gasteiger partial charge on any atom is 0.272 e. The highest BCUT2D eigenvalue weighted by molar-refractivity contribution is 5.88. The molecule has 7 heteroatoms. The van der Waals surface area contributed by atoms with E-state index in [2.05, 4.69) is 15.5 Å². The molecule has 0 aliphatic heterocycles. The number of amides is 1. The van der Waals surface area contributed by atoms with Crippen LogP contribution < -0.4 is 15.6 Å². The summed E-state index contributed by atoms with van der Waals surface area (Å²) in [5, 5.41) is 10.3. The van der Waals surface area contributed by atoms with Gasteiger partial charge in [-0.15, -0.1) is 0 Å². The van der Waals surface area contributed by atoms with Crippen LogP contribution in [0, 0.1) is 5.82 Å². The molecular formula is C19H18FN3O3. The van der Waals surface area contributed by atoms with E-state index in [0.717, 1.165) is 0 Å². The minimum absolute atomic E-state index is 0.0610. The first-order valence-electron chi connectivity index (χ1n) is 8.25. The SMILES string of the molecule is O=C(Cc1n[nH]c(=O)c2ccccc12)NCCCOc1ccccc1F. The number of nitrogens with one attached hydrogen (secondary N) is 2. The molecule has 0 fully saturated rings. The first kappa shape index (κ1) is 17.6. The third kappa shape index (κ3) is 4.24. The normalized spacial score (nSPS) is 10.7. The molecule has 1 aromatic heterocycles. The lowest BCUT2D eigenvalue weighted by atomic mass is 10.1. The summed E-state index contributed by atoms with van der Waals surface area (Å²) in [4.78, 5) is 23.8. The Morgan fingerprint density at radius 2 is 1.85 bits per heavy atom. The van der Waals surface area contributed by atoms with Gasteiger partial charge in [0.05, 0.1) is 24.1 Å². The number of hydrogen-bond donors (Lipinski definition) is 2. The molecule has 1 heterocycles. The number of nitrogens with zero attached hydrogens (tertiary/aromatic N) is 1. The van der Waals surface area contributed by atoms with Crippen molar-refractivity contribution < 1.29 is 13.9 Å². The fraction of sp³-hybridized carbons (Fsp3) is 0.211. The van der Waals surface area contributed by atoms with Crippen LogP contribution in [0.1, 0.15) is 12.1 Å². The Bertz CT molecular complexity index is 971. The molecule has 0 unspecified atom stereocenters. The number of halogens is 1. The van der Waals surface area contributed by atoms with Gasteiger partial charge in [0.1, 0.15) is 0 Å². The van der Waals surface area contributed by atoms with Crippen LogP contribution >= 0.6 is 0 Å². The largest absolute Gasteiger partial charge is 0.490 e. The summed E-state index contributed by atoms with van der Waals surface area (Å²) in [7, 11) is 0. The average Bonchev–Trinajstić information content (AvgIpc) is 2.65. The van der Waals surface area contributed by atoms with Crippen LogP contribution in [-0.4, -0.2) is 29.3 Å². The Morgan fingerprint density at radius 1 is 1.12 bits per heavy atom. The van der Waals surface area contributed by atoms with E-state index >= 15 is 0 Å². The van der Waals surface area contributed by atoms with Crippen LogP contribution in [0.5, 0.6) is 5.75 Å². The van der Waals surface area contributed by atoms with E-state index in [4.69, 9.17) is 4.74 Å². The molecule has 2 aromatic carbocycles. The molecule has 2 N–H and O–H groups in total. The average molecular weight is 355 g/mol. The number of para-hydroxylation sites is 1. The maximum atomic E-state index is 13.4. The summed E-state index contributed by atoms with van der Waals surface area (Å²) in [5.41, 5.74) is 0.232. The van der Waals surface area contributed by atoms with E-state index in [0.29, 0.717) is 36.0 Å². The lowest BCUT2D eigenvalue weighted by molar-refractivity contribution is -0.120. The summed E-state index contributed by atoms with van der Waals surface area (Å²) in [5.74, 6) is -0.420. The molecule has 0 bridgehead atoms. The summed E-state index contributed by atoms with van der Waals surface area (Å²) < 4.78 is 18.7. The molecule has 0 aliphatic carbocycles. The molecule has 0 aliphatic rings. The molecule has 3 aromatic rings. The number of aromatic nitrogens is 2. The van der Waals surface area contributed by atoms with Crippen LogP contribution in [0.15, 0.2) is 53.3 Å². The van der Waals surface area contributed by atoms with Crippen LogP contribution in [0.2, 0.25) is 0 Å². The van der Waals surface area contributed by atoms with Crippen molar-refractivity contribution in [1.29, 1.82) is 0 Å². The van der Waals surface area contributed by atoms with Crippen LogP contribution in [-0.2, 0) is 11.2 Å². The van der Waals surface area contributed by atoms with Crippen LogP contribution in [0.3, 0.4) is 0 Å².